The van der Waals surface area contributed by atoms with Crippen molar-refractivity contribution in [2.75, 3.05) is 13.1 Å². The minimum absolute atomic E-state index is 0.0673. The molecule has 1 N–H and O–H groups in total. The fraction of sp³-hybridized carbons (Fsp3) is 0.333. The monoisotopic (exact) mass is 483 g/mol. The lowest BCUT2D eigenvalue weighted by molar-refractivity contribution is -0.137. The zero-order valence-corrected chi connectivity index (χ0v) is 18.4. The highest BCUT2D eigenvalue weighted by molar-refractivity contribution is 7.89. The number of piperidine rings is 1. The van der Waals surface area contributed by atoms with Gasteiger partial charge >= 0.3 is 6.18 Å². The van der Waals surface area contributed by atoms with Crippen molar-refractivity contribution < 1.29 is 26.4 Å². The van der Waals surface area contributed by atoms with Crippen LogP contribution in [0.2, 0.25) is 0 Å². The Labute approximate surface area is 187 Å². The summed E-state index contributed by atoms with van der Waals surface area (Å²) in [6, 6.07) is 11.4. The molecule has 0 bridgehead atoms. The van der Waals surface area contributed by atoms with Gasteiger partial charge in [-0.25, -0.2) is 13.4 Å². The lowest BCUT2D eigenvalue weighted by atomic mass is 9.97. The van der Waals surface area contributed by atoms with Gasteiger partial charge in [0.15, 0.2) is 0 Å². The van der Waals surface area contributed by atoms with Gasteiger partial charge in [0.1, 0.15) is 5.01 Å². The molecule has 0 aliphatic carbocycles. The molecule has 1 saturated heterocycles. The number of sulfonamides is 1. The number of benzene rings is 2. The van der Waals surface area contributed by atoms with Crippen molar-refractivity contribution in [2.24, 2.45) is 5.92 Å². The first-order valence-corrected chi connectivity index (χ1v) is 12.2. The zero-order valence-electron chi connectivity index (χ0n) is 16.8. The van der Waals surface area contributed by atoms with Gasteiger partial charge in [0.05, 0.1) is 27.2 Å². The van der Waals surface area contributed by atoms with E-state index in [1.807, 2.05) is 24.3 Å². The predicted octanol–water partition coefficient (Wildman–Crippen LogP) is 4.03. The minimum atomic E-state index is -4.63. The Morgan fingerprint density at radius 1 is 1.12 bits per heavy atom. The van der Waals surface area contributed by atoms with Crippen LogP contribution in [0.3, 0.4) is 0 Å². The molecule has 0 atom stereocenters. The number of halogens is 3. The van der Waals surface area contributed by atoms with Gasteiger partial charge in [0.2, 0.25) is 15.9 Å². The number of amides is 1. The molecule has 2 heterocycles. The molecule has 2 aromatic carbocycles. The molecular formula is C21H20F3N3O3S2. The second-order valence-electron chi connectivity index (χ2n) is 7.50. The summed E-state index contributed by atoms with van der Waals surface area (Å²) in [5.41, 5.74) is -0.141. The highest BCUT2D eigenvalue weighted by atomic mass is 32.2. The molecule has 1 aliphatic heterocycles. The van der Waals surface area contributed by atoms with Crippen molar-refractivity contribution in [1.29, 1.82) is 0 Å². The van der Waals surface area contributed by atoms with Gasteiger partial charge in [-0.05, 0) is 43.2 Å². The third-order valence-electron chi connectivity index (χ3n) is 5.38. The Bertz CT molecular complexity index is 1200. The van der Waals surface area contributed by atoms with Gasteiger partial charge in [-0.15, -0.1) is 11.3 Å². The number of carbonyl (C=O) groups excluding carboxylic acids is 1. The second kappa shape index (κ2) is 8.80. The lowest BCUT2D eigenvalue weighted by Gasteiger charge is -2.30. The third-order valence-corrected chi connectivity index (χ3v) is 8.31. The quantitative estimate of drug-likeness (QED) is 0.594. The minimum Gasteiger partial charge on any atom is -0.349 e. The molecular weight excluding hydrogens is 463 g/mol. The van der Waals surface area contributed by atoms with Gasteiger partial charge in [-0.3, -0.25) is 4.79 Å². The van der Waals surface area contributed by atoms with Crippen molar-refractivity contribution in [3.05, 3.63) is 59.1 Å². The van der Waals surface area contributed by atoms with Crippen LogP contribution >= 0.6 is 11.3 Å². The van der Waals surface area contributed by atoms with E-state index in [0.717, 1.165) is 37.7 Å². The van der Waals surface area contributed by atoms with E-state index in [4.69, 9.17) is 0 Å². The van der Waals surface area contributed by atoms with Crippen molar-refractivity contribution in [3.8, 4) is 0 Å². The molecule has 1 fully saturated rings. The summed E-state index contributed by atoms with van der Waals surface area (Å²) in [6.07, 6.45) is -4.03. The number of aromatic nitrogens is 1. The van der Waals surface area contributed by atoms with E-state index in [9.17, 15) is 26.4 Å². The molecule has 32 heavy (non-hydrogen) atoms. The molecule has 4 rings (SSSR count). The number of para-hydroxylation sites is 1. The van der Waals surface area contributed by atoms with Gasteiger partial charge < -0.3 is 5.32 Å². The fourth-order valence-electron chi connectivity index (χ4n) is 3.64. The fourth-order valence-corrected chi connectivity index (χ4v) is 6.07. The normalized spacial score (nSPS) is 16.3. The van der Waals surface area contributed by atoms with E-state index in [-0.39, 0.29) is 24.9 Å². The van der Waals surface area contributed by atoms with Crippen LogP contribution in [-0.4, -0.2) is 36.7 Å². The number of thiazole rings is 1. The SMILES string of the molecule is O=C(NCc1nc2ccccc2s1)C1CCN(S(=O)(=O)c2cccc(C(F)(F)F)c2)CC1. The van der Waals surface area contributed by atoms with E-state index in [1.165, 1.54) is 11.3 Å². The topological polar surface area (TPSA) is 79.4 Å². The number of hydrogen-bond donors (Lipinski definition) is 1. The molecule has 0 saturated carbocycles. The third kappa shape index (κ3) is 4.79. The smallest absolute Gasteiger partial charge is 0.349 e. The summed E-state index contributed by atoms with van der Waals surface area (Å²) < 4.78 is 66.6. The standard InChI is InChI=1S/C21H20F3N3O3S2/c22-21(23,24)15-4-3-5-16(12-15)32(29,30)27-10-8-14(9-11-27)20(28)25-13-19-26-17-6-1-2-7-18(17)31-19/h1-7,12,14H,8-11,13H2,(H,25,28). The maximum atomic E-state index is 12.9. The van der Waals surface area contributed by atoms with Crippen LogP contribution in [-0.2, 0) is 27.5 Å². The summed E-state index contributed by atoms with van der Waals surface area (Å²) in [5, 5.41) is 3.64. The number of nitrogens with one attached hydrogen (secondary N) is 1. The largest absolute Gasteiger partial charge is 0.416 e. The van der Waals surface area contributed by atoms with Crippen molar-refractivity contribution in [2.45, 2.75) is 30.5 Å². The first kappa shape index (κ1) is 22.7. The van der Waals surface area contributed by atoms with E-state index < -0.39 is 26.7 Å². The van der Waals surface area contributed by atoms with Crippen LogP contribution in [0.4, 0.5) is 13.2 Å². The Morgan fingerprint density at radius 2 is 1.84 bits per heavy atom. The van der Waals surface area contributed by atoms with Gasteiger partial charge in [-0.2, -0.15) is 17.5 Å². The van der Waals surface area contributed by atoms with E-state index in [0.29, 0.717) is 25.5 Å². The molecule has 170 valence electrons. The van der Waals surface area contributed by atoms with Gasteiger partial charge in [0, 0.05) is 19.0 Å². The average Bonchev–Trinajstić information content (AvgIpc) is 3.20. The molecule has 3 aromatic rings. The number of rotatable bonds is 5. The summed E-state index contributed by atoms with van der Waals surface area (Å²) in [5.74, 6) is -0.544. The van der Waals surface area contributed by atoms with E-state index in [1.54, 1.807) is 0 Å². The maximum Gasteiger partial charge on any atom is 0.416 e. The number of carbonyl (C=O) groups is 1. The molecule has 1 amide bonds. The Morgan fingerprint density at radius 3 is 2.53 bits per heavy atom. The highest BCUT2D eigenvalue weighted by Gasteiger charge is 2.35. The number of alkyl halides is 3. The van der Waals surface area contributed by atoms with Crippen LogP contribution in [0.25, 0.3) is 10.2 Å². The Kier molecular flexibility index (Phi) is 6.24. The van der Waals surface area contributed by atoms with Crippen molar-refractivity contribution >= 4 is 37.5 Å². The Hall–Kier alpha value is -2.50. The van der Waals surface area contributed by atoms with E-state index in [2.05, 4.69) is 10.3 Å². The van der Waals surface area contributed by atoms with Gasteiger partial charge in [-0.1, -0.05) is 18.2 Å². The van der Waals surface area contributed by atoms with Gasteiger partial charge in [0.25, 0.3) is 0 Å². The van der Waals surface area contributed by atoms with Crippen LogP contribution in [0.15, 0.2) is 53.4 Å². The van der Waals surface area contributed by atoms with Crippen LogP contribution in [0.1, 0.15) is 23.4 Å². The number of nitrogens with zero attached hydrogens (tertiary/aromatic N) is 2. The predicted molar refractivity (Wildman–Crippen MR) is 114 cm³/mol. The average molecular weight is 484 g/mol. The summed E-state index contributed by atoms with van der Waals surface area (Å²) in [6.45, 7) is 0.427. The van der Waals surface area contributed by atoms with Crippen LogP contribution < -0.4 is 5.32 Å². The van der Waals surface area contributed by atoms with Crippen LogP contribution in [0, 0.1) is 5.92 Å². The molecule has 1 aliphatic rings. The molecule has 0 spiro atoms. The van der Waals surface area contributed by atoms with Crippen LogP contribution in [0.5, 0.6) is 0 Å². The molecule has 1 aromatic heterocycles. The molecule has 11 heteroatoms. The van der Waals surface area contributed by atoms with Crippen molar-refractivity contribution in [3.63, 3.8) is 0 Å². The number of hydrogen-bond acceptors (Lipinski definition) is 5. The van der Waals surface area contributed by atoms with Crippen molar-refractivity contribution in [1.82, 2.24) is 14.6 Å². The maximum absolute atomic E-state index is 12.9. The number of fused-ring (bicyclic) bond motifs is 1. The zero-order chi connectivity index (χ0) is 22.9. The first-order chi connectivity index (χ1) is 15.1. The highest BCUT2D eigenvalue weighted by Crippen LogP contribution is 2.32. The summed E-state index contributed by atoms with van der Waals surface area (Å²) >= 11 is 1.50. The summed E-state index contributed by atoms with van der Waals surface area (Å²) in [7, 11) is -4.07. The first-order valence-electron chi connectivity index (χ1n) is 9.94. The molecule has 0 unspecified atom stereocenters. The molecule has 0 radical (unpaired) electrons. The Balaban J connectivity index is 1.35. The summed E-state index contributed by atoms with van der Waals surface area (Å²) in [4.78, 5) is 16.6. The second-order valence-corrected chi connectivity index (χ2v) is 10.6. The lowest BCUT2D eigenvalue weighted by Crippen LogP contribution is -2.42. The van der Waals surface area contributed by atoms with E-state index >= 15 is 0 Å². The molecule has 6 nitrogen and oxygen atoms in total.